The molecule has 84 valence electrons. The predicted octanol–water partition coefficient (Wildman–Crippen LogP) is 2.98. The van der Waals surface area contributed by atoms with Crippen molar-refractivity contribution < 1.29 is 5.11 Å². The molecule has 1 aromatic carbocycles. The van der Waals surface area contributed by atoms with E-state index in [4.69, 9.17) is 28.3 Å². The van der Waals surface area contributed by atoms with Crippen LogP contribution in [0, 0.1) is 6.92 Å². The molecule has 1 N–H and O–H groups in total. The molecule has 1 heterocycles. The average molecular weight is 257 g/mol. The summed E-state index contributed by atoms with van der Waals surface area (Å²) < 4.78 is 1.85. The number of halogens is 2. The van der Waals surface area contributed by atoms with Crippen LogP contribution in [0.15, 0.2) is 24.5 Å². The molecule has 0 aliphatic rings. The molecule has 0 radical (unpaired) electrons. The molecule has 0 saturated carbocycles. The maximum absolute atomic E-state index is 9.05. The number of aromatic nitrogens is 2. The molecular formula is C11H10Cl2N2O. The lowest BCUT2D eigenvalue weighted by Gasteiger charge is -2.06. The molecule has 1 aromatic heterocycles. The quantitative estimate of drug-likeness (QED) is 0.898. The standard InChI is InChI=1S/C11H10Cl2N2O/c1-7-11(5-16)14-6-15(7)8-2-3-9(12)10(13)4-8/h2-4,6,16H,5H2,1H3. The third-order valence-electron chi connectivity index (χ3n) is 2.44. The molecule has 5 heteroatoms. The first-order valence-electron chi connectivity index (χ1n) is 4.72. The summed E-state index contributed by atoms with van der Waals surface area (Å²) in [7, 11) is 0. The Morgan fingerprint density at radius 1 is 1.31 bits per heavy atom. The van der Waals surface area contributed by atoms with Crippen LogP contribution in [0.3, 0.4) is 0 Å². The van der Waals surface area contributed by atoms with Crippen LogP contribution in [0.4, 0.5) is 0 Å². The Bertz CT molecular complexity index is 523. The number of benzene rings is 1. The highest BCUT2D eigenvalue weighted by Crippen LogP contribution is 2.25. The van der Waals surface area contributed by atoms with E-state index >= 15 is 0 Å². The summed E-state index contributed by atoms with van der Waals surface area (Å²) in [6, 6.07) is 5.35. The van der Waals surface area contributed by atoms with Gasteiger partial charge < -0.3 is 9.67 Å². The molecule has 2 aromatic rings. The fourth-order valence-corrected chi connectivity index (χ4v) is 1.79. The molecule has 0 bridgehead atoms. The Balaban J connectivity index is 2.50. The number of hydrogen-bond donors (Lipinski definition) is 1. The van der Waals surface area contributed by atoms with Gasteiger partial charge >= 0.3 is 0 Å². The minimum Gasteiger partial charge on any atom is -0.390 e. The normalized spacial score (nSPS) is 10.8. The van der Waals surface area contributed by atoms with Crippen LogP contribution in [0.2, 0.25) is 10.0 Å². The minimum atomic E-state index is -0.0693. The van der Waals surface area contributed by atoms with Gasteiger partial charge in [-0.1, -0.05) is 23.2 Å². The van der Waals surface area contributed by atoms with Crippen LogP contribution in [-0.2, 0) is 6.61 Å². The third-order valence-corrected chi connectivity index (χ3v) is 3.18. The van der Waals surface area contributed by atoms with Gasteiger partial charge in [-0.05, 0) is 25.1 Å². The highest BCUT2D eigenvalue weighted by molar-refractivity contribution is 6.42. The van der Waals surface area contributed by atoms with Gasteiger partial charge in [-0.3, -0.25) is 0 Å². The zero-order chi connectivity index (χ0) is 11.7. The molecule has 0 amide bonds. The zero-order valence-corrected chi connectivity index (χ0v) is 10.1. The van der Waals surface area contributed by atoms with E-state index in [-0.39, 0.29) is 6.61 Å². The van der Waals surface area contributed by atoms with E-state index in [0.29, 0.717) is 15.7 Å². The maximum atomic E-state index is 9.05. The van der Waals surface area contributed by atoms with Crippen LogP contribution in [0.1, 0.15) is 11.4 Å². The van der Waals surface area contributed by atoms with Crippen LogP contribution in [0.25, 0.3) is 5.69 Å². The predicted molar refractivity (Wildman–Crippen MR) is 64.2 cm³/mol. The first kappa shape index (κ1) is 11.5. The van der Waals surface area contributed by atoms with Crippen molar-refractivity contribution in [2.24, 2.45) is 0 Å². The molecule has 0 aliphatic carbocycles. The van der Waals surface area contributed by atoms with Gasteiger partial charge in [0, 0.05) is 11.4 Å². The van der Waals surface area contributed by atoms with Crippen LogP contribution in [0.5, 0.6) is 0 Å². The van der Waals surface area contributed by atoms with Crippen molar-refractivity contribution >= 4 is 23.2 Å². The molecule has 2 rings (SSSR count). The Morgan fingerprint density at radius 3 is 2.62 bits per heavy atom. The Labute approximate surface area is 103 Å². The van der Waals surface area contributed by atoms with E-state index in [1.165, 1.54) is 0 Å². The highest BCUT2D eigenvalue weighted by atomic mass is 35.5. The van der Waals surface area contributed by atoms with Gasteiger partial charge in [-0.25, -0.2) is 4.98 Å². The number of hydrogen-bond acceptors (Lipinski definition) is 2. The van der Waals surface area contributed by atoms with E-state index in [9.17, 15) is 0 Å². The lowest BCUT2D eigenvalue weighted by Crippen LogP contribution is -1.96. The number of nitrogens with zero attached hydrogens (tertiary/aromatic N) is 2. The highest BCUT2D eigenvalue weighted by Gasteiger charge is 2.08. The van der Waals surface area contributed by atoms with Gasteiger partial charge in [0.2, 0.25) is 0 Å². The lowest BCUT2D eigenvalue weighted by molar-refractivity contribution is 0.276. The Morgan fingerprint density at radius 2 is 2.06 bits per heavy atom. The average Bonchev–Trinajstić information content (AvgIpc) is 2.64. The van der Waals surface area contributed by atoms with Crippen molar-refractivity contribution in [3.05, 3.63) is 46.0 Å². The van der Waals surface area contributed by atoms with Crippen LogP contribution in [-0.4, -0.2) is 14.7 Å². The smallest absolute Gasteiger partial charge is 0.0998 e. The Kier molecular flexibility index (Phi) is 3.19. The summed E-state index contributed by atoms with van der Waals surface area (Å²) >= 11 is 11.8. The molecule has 0 aliphatic heterocycles. The molecule has 0 saturated heterocycles. The lowest BCUT2D eigenvalue weighted by atomic mass is 10.3. The molecule has 0 spiro atoms. The molecule has 0 atom stereocenters. The first-order valence-corrected chi connectivity index (χ1v) is 5.48. The summed E-state index contributed by atoms with van der Waals surface area (Å²) in [6.07, 6.45) is 1.65. The van der Waals surface area contributed by atoms with Crippen LogP contribution < -0.4 is 0 Å². The summed E-state index contributed by atoms with van der Waals surface area (Å²) in [5, 5.41) is 10.1. The molecule has 0 unspecified atom stereocenters. The van der Waals surface area contributed by atoms with Crippen molar-refractivity contribution in [2.45, 2.75) is 13.5 Å². The topological polar surface area (TPSA) is 38.1 Å². The Hall–Kier alpha value is -1.03. The monoisotopic (exact) mass is 256 g/mol. The van der Waals surface area contributed by atoms with Crippen LogP contribution >= 0.6 is 23.2 Å². The van der Waals surface area contributed by atoms with Gasteiger partial charge in [-0.2, -0.15) is 0 Å². The van der Waals surface area contributed by atoms with E-state index in [1.54, 1.807) is 18.5 Å². The van der Waals surface area contributed by atoms with Crippen molar-refractivity contribution in [1.29, 1.82) is 0 Å². The van der Waals surface area contributed by atoms with Gasteiger partial charge in [0.1, 0.15) is 0 Å². The summed E-state index contributed by atoms with van der Waals surface area (Å²) in [6.45, 7) is 1.82. The van der Waals surface area contributed by atoms with E-state index < -0.39 is 0 Å². The fourth-order valence-electron chi connectivity index (χ4n) is 1.50. The molecule has 0 fully saturated rings. The van der Waals surface area contributed by atoms with Gasteiger partial charge in [0.05, 0.1) is 28.7 Å². The van der Waals surface area contributed by atoms with Crippen molar-refractivity contribution in [3.8, 4) is 5.69 Å². The zero-order valence-electron chi connectivity index (χ0n) is 8.61. The van der Waals surface area contributed by atoms with E-state index in [2.05, 4.69) is 4.98 Å². The largest absolute Gasteiger partial charge is 0.390 e. The van der Waals surface area contributed by atoms with Crippen molar-refractivity contribution in [2.75, 3.05) is 0 Å². The minimum absolute atomic E-state index is 0.0693. The second kappa shape index (κ2) is 4.45. The molecular weight excluding hydrogens is 247 g/mol. The second-order valence-electron chi connectivity index (χ2n) is 3.40. The maximum Gasteiger partial charge on any atom is 0.0998 e. The SMILES string of the molecule is Cc1c(CO)ncn1-c1ccc(Cl)c(Cl)c1. The van der Waals surface area contributed by atoms with Crippen molar-refractivity contribution in [1.82, 2.24) is 9.55 Å². The second-order valence-corrected chi connectivity index (χ2v) is 4.22. The molecule has 3 nitrogen and oxygen atoms in total. The molecule has 16 heavy (non-hydrogen) atoms. The van der Waals surface area contributed by atoms with E-state index in [1.807, 2.05) is 17.6 Å². The third kappa shape index (κ3) is 1.94. The fraction of sp³-hybridized carbons (Fsp3) is 0.182. The van der Waals surface area contributed by atoms with E-state index in [0.717, 1.165) is 11.4 Å². The number of imidazole rings is 1. The summed E-state index contributed by atoms with van der Waals surface area (Å²) in [4.78, 5) is 4.10. The van der Waals surface area contributed by atoms with Gasteiger partial charge in [-0.15, -0.1) is 0 Å². The van der Waals surface area contributed by atoms with Crippen molar-refractivity contribution in [3.63, 3.8) is 0 Å². The number of aliphatic hydroxyl groups is 1. The summed E-state index contributed by atoms with van der Waals surface area (Å²) in [5.41, 5.74) is 2.42. The number of aliphatic hydroxyl groups excluding tert-OH is 1. The summed E-state index contributed by atoms with van der Waals surface area (Å²) in [5.74, 6) is 0. The number of rotatable bonds is 2. The van der Waals surface area contributed by atoms with Gasteiger partial charge in [0.15, 0.2) is 0 Å². The van der Waals surface area contributed by atoms with Gasteiger partial charge in [0.25, 0.3) is 0 Å². The first-order chi connectivity index (χ1) is 7.63.